The number of nitrogens with zero attached hydrogens (tertiary/aromatic N) is 1. The van der Waals surface area contributed by atoms with Crippen molar-refractivity contribution in [1.29, 1.82) is 0 Å². The van der Waals surface area contributed by atoms with E-state index >= 15 is 0 Å². The van der Waals surface area contributed by atoms with Crippen molar-refractivity contribution in [2.75, 3.05) is 14.1 Å². The van der Waals surface area contributed by atoms with Crippen molar-refractivity contribution < 1.29 is 4.65 Å². The van der Waals surface area contributed by atoms with Gasteiger partial charge < -0.3 is 9.85 Å². The first-order valence-corrected chi connectivity index (χ1v) is 5.02. The normalized spacial score (nSPS) is 16.4. The second-order valence-corrected chi connectivity index (χ2v) is 4.37. The van der Waals surface area contributed by atoms with Crippen LogP contribution in [-0.4, -0.2) is 24.8 Å². The van der Waals surface area contributed by atoms with Crippen LogP contribution in [0.1, 0.15) is 25.3 Å². The van der Waals surface area contributed by atoms with E-state index < -0.39 is 0 Å². The molecule has 0 spiro atoms. The Balaban J connectivity index is 2.81. The molecule has 1 rings (SSSR count). The van der Waals surface area contributed by atoms with Gasteiger partial charge in [-0.2, -0.15) is 0 Å². The SMILES string of the molecule is C[C@@H](c1ccccc1)[C@H](C)[N+](C)(C)[O-]. The van der Waals surface area contributed by atoms with Crippen molar-refractivity contribution in [3.05, 3.63) is 41.1 Å². The van der Waals surface area contributed by atoms with E-state index in [1.807, 2.05) is 25.1 Å². The van der Waals surface area contributed by atoms with Gasteiger partial charge in [0.2, 0.25) is 0 Å². The Morgan fingerprint density at radius 2 is 1.57 bits per heavy atom. The lowest BCUT2D eigenvalue weighted by Gasteiger charge is -2.43. The van der Waals surface area contributed by atoms with Crippen molar-refractivity contribution in [1.82, 2.24) is 0 Å². The van der Waals surface area contributed by atoms with Crippen LogP contribution in [0.2, 0.25) is 0 Å². The number of likely N-dealkylation sites (N-methyl/N-ethyl adjacent to an activating group) is 1. The maximum atomic E-state index is 11.8. The fraction of sp³-hybridized carbons (Fsp3) is 0.500. The third-order valence-corrected chi connectivity index (χ3v) is 3.03. The van der Waals surface area contributed by atoms with Crippen molar-refractivity contribution in [3.8, 4) is 0 Å². The fourth-order valence-corrected chi connectivity index (χ4v) is 1.57. The maximum absolute atomic E-state index is 11.8. The minimum absolute atomic E-state index is 0.0809. The van der Waals surface area contributed by atoms with Crippen molar-refractivity contribution in [3.63, 3.8) is 0 Å². The highest BCUT2D eigenvalue weighted by atomic mass is 16.5. The molecular formula is C12H19NO. The molecule has 0 radical (unpaired) electrons. The van der Waals surface area contributed by atoms with E-state index in [2.05, 4.69) is 19.1 Å². The molecule has 0 saturated heterocycles. The van der Waals surface area contributed by atoms with E-state index in [4.69, 9.17) is 0 Å². The standard InChI is InChI=1S/C12H19NO/c1-10(11(2)13(3,4)14)12-8-6-5-7-9-12/h5-11H,1-4H3/t10-,11+/m1/s1. The van der Waals surface area contributed by atoms with Crippen molar-refractivity contribution >= 4 is 0 Å². The van der Waals surface area contributed by atoms with Crippen LogP contribution in [0.15, 0.2) is 30.3 Å². The highest BCUT2D eigenvalue weighted by Crippen LogP contribution is 2.24. The highest BCUT2D eigenvalue weighted by Gasteiger charge is 2.22. The van der Waals surface area contributed by atoms with Gasteiger partial charge in [0.1, 0.15) is 0 Å². The fourth-order valence-electron chi connectivity index (χ4n) is 1.57. The molecule has 1 aromatic rings. The minimum atomic E-state index is -0.240. The Hall–Kier alpha value is -0.860. The van der Waals surface area contributed by atoms with Crippen LogP contribution in [0.5, 0.6) is 0 Å². The molecule has 2 heteroatoms. The summed E-state index contributed by atoms with van der Waals surface area (Å²) in [4.78, 5) is 0. The second kappa shape index (κ2) is 4.11. The van der Waals surface area contributed by atoms with Gasteiger partial charge in [-0.3, -0.25) is 0 Å². The summed E-state index contributed by atoms with van der Waals surface area (Å²) < 4.78 is -0.240. The van der Waals surface area contributed by atoms with Gasteiger partial charge in [-0.1, -0.05) is 37.3 Å². The largest absolute Gasteiger partial charge is 0.633 e. The number of quaternary nitrogens is 1. The molecule has 2 atom stereocenters. The molecule has 2 nitrogen and oxygen atoms in total. The summed E-state index contributed by atoms with van der Waals surface area (Å²) in [6, 6.07) is 10.3. The molecule has 0 fully saturated rings. The third-order valence-electron chi connectivity index (χ3n) is 3.03. The number of rotatable bonds is 3. The van der Waals surface area contributed by atoms with E-state index in [9.17, 15) is 5.21 Å². The summed E-state index contributed by atoms with van der Waals surface area (Å²) in [6.07, 6.45) is 0. The molecule has 0 amide bonds. The van der Waals surface area contributed by atoms with Gasteiger partial charge in [0.25, 0.3) is 0 Å². The zero-order chi connectivity index (χ0) is 10.8. The van der Waals surface area contributed by atoms with Gasteiger partial charge >= 0.3 is 0 Å². The number of hydroxylamine groups is 3. The first-order chi connectivity index (χ1) is 6.43. The lowest BCUT2D eigenvalue weighted by atomic mass is 9.94. The first-order valence-electron chi connectivity index (χ1n) is 5.02. The van der Waals surface area contributed by atoms with Crippen molar-refractivity contribution in [2.45, 2.75) is 25.8 Å². The summed E-state index contributed by atoms with van der Waals surface area (Å²) in [5.41, 5.74) is 1.24. The van der Waals surface area contributed by atoms with Gasteiger partial charge in [0.15, 0.2) is 0 Å². The van der Waals surface area contributed by atoms with Gasteiger partial charge in [-0.05, 0) is 12.5 Å². The van der Waals surface area contributed by atoms with Gasteiger partial charge in [0, 0.05) is 5.92 Å². The Bertz CT molecular complexity index is 276. The zero-order valence-electron chi connectivity index (χ0n) is 9.40. The summed E-state index contributed by atoms with van der Waals surface area (Å²) in [6.45, 7) is 4.11. The van der Waals surface area contributed by atoms with Crippen LogP contribution >= 0.6 is 0 Å². The Kier molecular flexibility index (Phi) is 3.29. The van der Waals surface area contributed by atoms with Crippen LogP contribution in [0.25, 0.3) is 0 Å². The Morgan fingerprint density at radius 3 is 2.00 bits per heavy atom. The van der Waals surface area contributed by atoms with Crippen LogP contribution in [-0.2, 0) is 0 Å². The smallest absolute Gasteiger partial charge is 0.0921 e. The molecule has 14 heavy (non-hydrogen) atoms. The van der Waals surface area contributed by atoms with E-state index in [-0.39, 0.29) is 10.7 Å². The summed E-state index contributed by atoms with van der Waals surface area (Å²) in [7, 11) is 3.40. The monoisotopic (exact) mass is 193 g/mol. The molecule has 0 N–H and O–H groups in total. The number of hydrogen-bond acceptors (Lipinski definition) is 1. The maximum Gasteiger partial charge on any atom is 0.0921 e. The van der Waals surface area contributed by atoms with E-state index in [1.54, 1.807) is 14.1 Å². The Labute approximate surface area is 86.3 Å². The molecule has 0 aliphatic rings. The molecule has 0 aliphatic carbocycles. The van der Waals surface area contributed by atoms with E-state index in [0.29, 0.717) is 5.92 Å². The summed E-state index contributed by atoms with van der Waals surface area (Å²) >= 11 is 0. The van der Waals surface area contributed by atoms with E-state index in [1.165, 1.54) is 5.56 Å². The predicted octanol–water partition coefficient (Wildman–Crippen LogP) is 2.75. The highest BCUT2D eigenvalue weighted by molar-refractivity contribution is 5.19. The van der Waals surface area contributed by atoms with Crippen molar-refractivity contribution in [2.24, 2.45) is 0 Å². The molecule has 78 valence electrons. The molecule has 1 aromatic carbocycles. The molecule has 0 bridgehead atoms. The summed E-state index contributed by atoms with van der Waals surface area (Å²) in [5, 5.41) is 11.8. The second-order valence-electron chi connectivity index (χ2n) is 4.37. The zero-order valence-corrected chi connectivity index (χ0v) is 9.40. The lowest BCUT2D eigenvalue weighted by Crippen LogP contribution is -2.44. The third kappa shape index (κ3) is 2.56. The molecule has 0 unspecified atom stereocenters. The molecule has 0 aliphatic heterocycles. The lowest BCUT2D eigenvalue weighted by molar-refractivity contribution is -0.866. The minimum Gasteiger partial charge on any atom is -0.633 e. The molecular weight excluding hydrogens is 174 g/mol. The van der Waals surface area contributed by atoms with Gasteiger partial charge in [-0.15, -0.1) is 0 Å². The quantitative estimate of drug-likeness (QED) is 0.534. The Morgan fingerprint density at radius 1 is 1.07 bits per heavy atom. The van der Waals surface area contributed by atoms with Crippen LogP contribution in [0.3, 0.4) is 0 Å². The average molecular weight is 193 g/mol. The first kappa shape index (κ1) is 11.2. The average Bonchev–Trinajstić information content (AvgIpc) is 2.15. The number of benzene rings is 1. The predicted molar refractivity (Wildman–Crippen MR) is 59.8 cm³/mol. The molecule has 0 saturated carbocycles. The van der Waals surface area contributed by atoms with Gasteiger partial charge in [-0.25, -0.2) is 0 Å². The van der Waals surface area contributed by atoms with Crippen LogP contribution in [0.4, 0.5) is 0 Å². The molecule has 0 heterocycles. The van der Waals surface area contributed by atoms with Crippen LogP contribution < -0.4 is 0 Å². The van der Waals surface area contributed by atoms with Crippen LogP contribution in [0, 0.1) is 5.21 Å². The summed E-state index contributed by atoms with van der Waals surface area (Å²) in [5.74, 6) is 0.295. The van der Waals surface area contributed by atoms with Gasteiger partial charge in [0.05, 0.1) is 20.1 Å². The number of hydrogen-bond donors (Lipinski definition) is 0. The topological polar surface area (TPSA) is 23.1 Å². The van der Waals surface area contributed by atoms with E-state index in [0.717, 1.165) is 0 Å². The molecule has 0 aromatic heterocycles.